The van der Waals surface area contributed by atoms with Crippen LogP contribution in [0.25, 0.3) is 0 Å². The molecule has 0 spiro atoms. The molecule has 0 heterocycles. The van der Waals surface area contributed by atoms with E-state index in [4.69, 9.17) is 0 Å². The summed E-state index contributed by atoms with van der Waals surface area (Å²) < 4.78 is 0. The van der Waals surface area contributed by atoms with Gasteiger partial charge in [-0.1, -0.05) is 194 Å². The lowest BCUT2D eigenvalue weighted by molar-refractivity contribution is 0.469. The molecule has 0 aliphatic heterocycles. The van der Waals surface area contributed by atoms with Crippen LogP contribution in [0.15, 0.2) is 0 Å². The molecule has 2 atom stereocenters. The molecular weight excluding hydrogens is 577 g/mol. The van der Waals surface area contributed by atoms with Gasteiger partial charge < -0.3 is 0 Å². The number of unbranched alkanes of at least 4 members (excludes halogenated alkanes) is 26. The molecule has 0 aromatic carbocycles. The minimum Gasteiger partial charge on any atom is -0.179 e. The van der Waals surface area contributed by atoms with E-state index in [9.17, 15) is 0 Å². The van der Waals surface area contributed by atoms with Gasteiger partial charge in [0, 0.05) is 0 Å². The quantitative estimate of drug-likeness (QED) is 0.0492. The predicted octanol–water partition coefficient (Wildman–Crippen LogP) is 15.3. The molecule has 0 aromatic rings. The van der Waals surface area contributed by atoms with Gasteiger partial charge in [0.05, 0.1) is 0 Å². The SMILES string of the molecule is CCCCCCCCCCCCCCCCC(CCS)CSCC(CCS)CCCCCCCCCCCCCCCC. The van der Waals surface area contributed by atoms with Gasteiger partial charge in [-0.2, -0.15) is 37.0 Å². The summed E-state index contributed by atoms with van der Waals surface area (Å²) in [4.78, 5) is 0. The minimum atomic E-state index is 0.887. The van der Waals surface area contributed by atoms with Crippen LogP contribution in [0.3, 0.4) is 0 Å². The Bertz CT molecular complexity index is 440. The molecule has 0 radical (unpaired) electrons. The molecule has 0 aliphatic rings. The molecule has 0 amide bonds. The highest BCUT2D eigenvalue weighted by Crippen LogP contribution is 2.26. The number of thioether (sulfide) groups is 1. The lowest BCUT2D eigenvalue weighted by Crippen LogP contribution is -2.10. The lowest BCUT2D eigenvalue weighted by atomic mass is 9.99. The van der Waals surface area contributed by atoms with Crippen LogP contribution in [0.2, 0.25) is 0 Å². The van der Waals surface area contributed by atoms with Crippen LogP contribution >= 0.6 is 37.0 Å². The van der Waals surface area contributed by atoms with Gasteiger partial charge in [0.25, 0.3) is 0 Å². The first-order valence-corrected chi connectivity index (χ1v) is 22.5. The third-order valence-corrected chi connectivity index (χ3v) is 11.6. The standard InChI is InChI=1S/C40H82S3/c1-3-5-7-9-11-13-15-17-19-21-23-25-27-29-31-39(33-35-41)37-43-38-40(34-36-42)32-30-28-26-24-22-20-18-16-14-12-10-8-6-4-2/h39-42H,3-38H2,1-2H3. The first-order chi connectivity index (χ1) is 21.3. The molecule has 0 bridgehead atoms. The van der Waals surface area contributed by atoms with Crippen LogP contribution in [0.4, 0.5) is 0 Å². The molecule has 2 unspecified atom stereocenters. The molecule has 0 saturated carbocycles. The van der Waals surface area contributed by atoms with Crippen LogP contribution < -0.4 is 0 Å². The normalized spacial score (nSPS) is 13.1. The molecule has 0 aliphatic carbocycles. The Morgan fingerprint density at radius 3 is 0.791 bits per heavy atom. The van der Waals surface area contributed by atoms with Gasteiger partial charge >= 0.3 is 0 Å². The van der Waals surface area contributed by atoms with Crippen molar-refractivity contribution in [2.24, 2.45) is 11.8 Å². The number of thiol groups is 2. The Kier molecular flexibility index (Phi) is 40.2. The van der Waals surface area contributed by atoms with Crippen molar-refractivity contribution in [2.75, 3.05) is 23.0 Å². The second kappa shape index (κ2) is 39.2. The highest BCUT2D eigenvalue weighted by atomic mass is 32.2. The van der Waals surface area contributed by atoms with Crippen molar-refractivity contribution in [2.45, 2.75) is 219 Å². The van der Waals surface area contributed by atoms with E-state index in [0.29, 0.717) is 0 Å². The predicted molar refractivity (Wildman–Crippen MR) is 211 cm³/mol. The molecule has 260 valence electrons. The van der Waals surface area contributed by atoms with Gasteiger partial charge in [-0.15, -0.1) is 0 Å². The lowest BCUT2D eigenvalue weighted by Gasteiger charge is -2.19. The van der Waals surface area contributed by atoms with Crippen LogP contribution in [0.5, 0.6) is 0 Å². The fourth-order valence-corrected chi connectivity index (χ4v) is 8.84. The largest absolute Gasteiger partial charge is 0.179 e. The Labute approximate surface area is 289 Å². The van der Waals surface area contributed by atoms with E-state index in [1.165, 1.54) is 217 Å². The van der Waals surface area contributed by atoms with Crippen molar-refractivity contribution in [3.8, 4) is 0 Å². The Balaban J connectivity index is 3.69. The summed E-state index contributed by atoms with van der Waals surface area (Å²) >= 11 is 11.5. The van der Waals surface area contributed by atoms with Gasteiger partial charge in [-0.3, -0.25) is 0 Å². The first kappa shape index (κ1) is 44.0. The highest BCUT2D eigenvalue weighted by molar-refractivity contribution is 7.99. The second-order valence-electron chi connectivity index (χ2n) is 14.1. The van der Waals surface area contributed by atoms with Crippen molar-refractivity contribution >= 4 is 37.0 Å². The molecule has 0 aromatic heterocycles. The fraction of sp³-hybridized carbons (Fsp3) is 1.00. The van der Waals surface area contributed by atoms with E-state index in [1.54, 1.807) is 0 Å². The average Bonchev–Trinajstić information content (AvgIpc) is 3.01. The summed E-state index contributed by atoms with van der Waals surface area (Å²) in [5, 5.41) is 0. The number of hydrogen-bond acceptors (Lipinski definition) is 3. The third kappa shape index (κ3) is 35.7. The smallest absolute Gasteiger partial charge is 0.00387 e. The Morgan fingerprint density at radius 1 is 0.326 bits per heavy atom. The average molecular weight is 659 g/mol. The van der Waals surface area contributed by atoms with E-state index < -0.39 is 0 Å². The summed E-state index contributed by atoms with van der Waals surface area (Å²) in [7, 11) is 0. The van der Waals surface area contributed by atoms with Crippen LogP contribution in [-0.4, -0.2) is 23.0 Å². The zero-order valence-electron chi connectivity index (χ0n) is 29.9. The van der Waals surface area contributed by atoms with Gasteiger partial charge in [-0.05, 0) is 60.5 Å². The van der Waals surface area contributed by atoms with E-state index in [-0.39, 0.29) is 0 Å². The molecule has 43 heavy (non-hydrogen) atoms. The minimum absolute atomic E-state index is 0.887. The van der Waals surface area contributed by atoms with Crippen LogP contribution in [0, 0.1) is 11.8 Å². The summed E-state index contributed by atoms with van der Waals surface area (Å²) in [6.07, 6.45) is 46.3. The van der Waals surface area contributed by atoms with E-state index in [2.05, 4.69) is 50.9 Å². The molecule has 3 heteroatoms. The Hall–Kier alpha value is 1.05. The second-order valence-corrected chi connectivity index (χ2v) is 16.0. The summed E-state index contributed by atoms with van der Waals surface area (Å²) in [6.45, 7) is 4.62. The number of hydrogen-bond donors (Lipinski definition) is 2. The topological polar surface area (TPSA) is 0 Å². The van der Waals surface area contributed by atoms with Crippen LogP contribution in [0.1, 0.15) is 219 Å². The maximum atomic E-state index is 4.60. The third-order valence-electron chi connectivity index (χ3n) is 9.71. The van der Waals surface area contributed by atoms with E-state index >= 15 is 0 Å². The monoisotopic (exact) mass is 659 g/mol. The first-order valence-electron chi connectivity index (χ1n) is 20.1. The van der Waals surface area contributed by atoms with Crippen molar-refractivity contribution < 1.29 is 0 Å². The summed E-state index contributed by atoms with van der Waals surface area (Å²) in [5.41, 5.74) is 0. The highest BCUT2D eigenvalue weighted by Gasteiger charge is 2.12. The van der Waals surface area contributed by atoms with Crippen LogP contribution in [-0.2, 0) is 0 Å². The number of rotatable bonds is 38. The van der Waals surface area contributed by atoms with Crippen molar-refractivity contribution in [3.63, 3.8) is 0 Å². The van der Waals surface area contributed by atoms with Crippen molar-refractivity contribution in [1.29, 1.82) is 0 Å². The summed E-state index contributed by atoms with van der Waals surface area (Å²) in [6, 6.07) is 0. The zero-order valence-corrected chi connectivity index (χ0v) is 32.5. The zero-order chi connectivity index (χ0) is 31.3. The van der Waals surface area contributed by atoms with Gasteiger partial charge in [0.15, 0.2) is 0 Å². The molecule has 0 saturated heterocycles. The molecular formula is C40H82S3. The van der Waals surface area contributed by atoms with Gasteiger partial charge in [0.2, 0.25) is 0 Å². The van der Waals surface area contributed by atoms with E-state index in [0.717, 1.165) is 23.3 Å². The fourth-order valence-electron chi connectivity index (χ4n) is 6.64. The maximum Gasteiger partial charge on any atom is -0.00387 e. The molecule has 0 nitrogen and oxygen atoms in total. The molecule has 0 fully saturated rings. The molecule has 0 N–H and O–H groups in total. The molecule has 0 rings (SSSR count). The summed E-state index contributed by atoms with van der Waals surface area (Å²) in [5.74, 6) is 6.61. The Morgan fingerprint density at radius 2 is 0.558 bits per heavy atom. The van der Waals surface area contributed by atoms with Crippen molar-refractivity contribution in [3.05, 3.63) is 0 Å². The van der Waals surface area contributed by atoms with Crippen molar-refractivity contribution in [1.82, 2.24) is 0 Å². The van der Waals surface area contributed by atoms with Gasteiger partial charge in [0.1, 0.15) is 0 Å². The maximum absolute atomic E-state index is 4.60. The van der Waals surface area contributed by atoms with Gasteiger partial charge in [-0.25, -0.2) is 0 Å². The van der Waals surface area contributed by atoms with E-state index in [1.807, 2.05) is 0 Å².